The number of anilines is 1. The molecule has 0 aromatic carbocycles. The number of nitriles is 1. The lowest BCUT2D eigenvalue weighted by Crippen LogP contribution is -2.28. The second-order valence-corrected chi connectivity index (χ2v) is 5.24. The van der Waals surface area contributed by atoms with Gasteiger partial charge in [0.2, 0.25) is 0 Å². The highest BCUT2D eigenvalue weighted by atomic mass is 15.2. The molecule has 1 aromatic rings. The molecule has 0 radical (unpaired) electrons. The fourth-order valence-corrected chi connectivity index (χ4v) is 2.62. The van der Waals surface area contributed by atoms with Gasteiger partial charge in [0, 0.05) is 26.3 Å². The minimum Gasteiger partial charge on any atom is -0.358 e. The molecular formula is C14H20N4. The number of aryl methyl sites for hydroxylation is 1. The van der Waals surface area contributed by atoms with E-state index in [1.807, 2.05) is 20.0 Å². The zero-order chi connectivity index (χ0) is 13.1. The molecule has 96 valence electrons. The number of hydrogen-bond acceptors (Lipinski definition) is 4. The molecule has 1 aliphatic rings. The fourth-order valence-electron chi connectivity index (χ4n) is 2.62. The SMILES string of the molecule is Cc1ccnc(N(C)CC2CCN(C)C2)c1C#N. The van der Waals surface area contributed by atoms with Gasteiger partial charge in [-0.1, -0.05) is 0 Å². The number of likely N-dealkylation sites (tertiary alicyclic amines) is 1. The number of nitrogens with zero attached hydrogens (tertiary/aromatic N) is 4. The van der Waals surface area contributed by atoms with Crippen molar-refractivity contribution in [1.82, 2.24) is 9.88 Å². The van der Waals surface area contributed by atoms with Crippen molar-refractivity contribution >= 4 is 5.82 Å². The van der Waals surface area contributed by atoms with Crippen molar-refractivity contribution in [3.8, 4) is 6.07 Å². The van der Waals surface area contributed by atoms with Crippen LogP contribution in [0.25, 0.3) is 0 Å². The van der Waals surface area contributed by atoms with Gasteiger partial charge in [0.1, 0.15) is 11.9 Å². The number of rotatable bonds is 3. The van der Waals surface area contributed by atoms with Crippen molar-refractivity contribution in [1.29, 1.82) is 5.26 Å². The summed E-state index contributed by atoms with van der Waals surface area (Å²) >= 11 is 0. The molecule has 4 heteroatoms. The van der Waals surface area contributed by atoms with Crippen LogP contribution in [-0.2, 0) is 0 Å². The van der Waals surface area contributed by atoms with Crippen molar-refractivity contribution in [2.24, 2.45) is 5.92 Å². The van der Waals surface area contributed by atoms with Crippen LogP contribution >= 0.6 is 0 Å². The van der Waals surface area contributed by atoms with E-state index in [0.717, 1.165) is 24.5 Å². The minimum atomic E-state index is 0.675. The van der Waals surface area contributed by atoms with E-state index in [1.54, 1.807) is 6.20 Å². The molecule has 18 heavy (non-hydrogen) atoms. The highest BCUT2D eigenvalue weighted by Crippen LogP contribution is 2.22. The summed E-state index contributed by atoms with van der Waals surface area (Å²) in [6.07, 6.45) is 3.01. The standard InChI is InChI=1S/C14H20N4/c1-11-4-6-16-14(13(11)8-15)18(3)10-12-5-7-17(2)9-12/h4,6,12H,5,7,9-10H2,1-3H3. The van der Waals surface area contributed by atoms with E-state index in [0.29, 0.717) is 11.5 Å². The Kier molecular flexibility index (Phi) is 3.83. The molecule has 0 amide bonds. The molecule has 2 heterocycles. The Hall–Kier alpha value is -1.60. The third kappa shape index (κ3) is 2.62. The molecule has 1 saturated heterocycles. The zero-order valence-electron chi connectivity index (χ0n) is 11.3. The van der Waals surface area contributed by atoms with Gasteiger partial charge in [-0.15, -0.1) is 0 Å². The Bertz CT molecular complexity index is 463. The molecule has 0 spiro atoms. The van der Waals surface area contributed by atoms with Crippen LogP contribution in [0, 0.1) is 24.2 Å². The van der Waals surface area contributed by atoms with Gasteiger partial charge < -0.3 is 9.80 Å². The summed E-state index contributed by atoms with van der Waals surface area (Å²) in [6, 6.07) is 4.15. The Balaban J connectivity index is 2.12. The van der Waals surface area contributed by atoms with Gasteiger partial charge in [-0.2, -0.15) is 5.26 Å². The molecule has 1 fully saturated rings. The summed E-state index contributed by atoms with van der Waals surface area (Å²) in [5.41, 5.74) is 1.70. The Morgan fingerprint density at radius 1 is 1.61 bits per heavy atom. The molecule has 2 rings (SSSR count). The van der Waals surface area contributed by atoms with E-state index in [1.165, 1.54) is 13.0 Å². The second-order valence-electron chi connectivity index (χ2n) is 5.24. The summed E-state index contributed by atoms with van der Waals surface area (Å²) < 4.78 is 0. The van der Waals surface area contributed by atoms with Crippen LogP contribution in [0.15, 0.2) is 12.3 Å². The van der Waals surface area contributed by atoms with E-state index < -0.39 is 0 Å². The smallest absolute Gasteiger partial charge is 0.146 e. The van der Waals surface area contributed by atoms with Crippen molar-refractivity contribution in [3.05, 3.63) is 23.4 Å². The molecule has 1 atom stereocenters. The second kappa shape index (κ2) is 5.36. The third-order valence-electron chi connectivity index (χ3n) is 3.63. The van der Waals surface area contributed by atoms with E-state index in [2.05, 4.69) is 27.9 Å². The predicted molar refractivity (Wildman–Crippen MR) is 72.6 cm³/mol. The van der Waals surface area contributed by atoms with Crippen molar-refractivity contribution in [3.63, 3.8) is 0 Å². The molecule has 4 nitrogen and oxygen atoms in total. The first-order chi connectivity index (χ1) is 8.61. The highest BCUT2D eigenvalue weighted by molar-refractivity contribution is 5.56. The quantitative estimate of drug-likeness (QED) is 0.811. The Labute approximate surface area is 109 Å². The minimum absolute atomic E-state index is 0.675. The lowest BCUT2D eigenvalue weighted by molar-refractivity contribution is 0.395. The summed E-state index contributed by atoms with van der Waals surface area (Å²) in [7, 11) is 4.19. The van der Waals surface area contributed by atoms with Gasteiger partial charge in [0.05, 0.1) is 5.56 Å². The molecule has 0 bridgehead atoms. The van der Waals surface area contributed by atoms with E-state index in [9.17, 15) is 5.26 Å². The molecule has 1 aliphatic heterocycles. The topological polar surface area (TPSA) is 43.2 Å². The molecule has 1 unspecified atom stereocenters. The maximum absolute atomic E-state index is 9.23. The zero-order valence-corrected chi connectivity index (χ0v) is 11.3. The Morgan fingerprint density at radius 3 is 3.00 bits per heavy atom. The molecule has 1 aromatic heterocycles. The molecule has 0 saturated carbocycles. The van der Waals surface area contributed by atoms with Crippen molar-refractivity contribution in [2.75, 3.05) is 38.6 Å². The van der Waals surface area contributed by atoms with Crippen molar-refractivity contribution < 1.29 is 0 Å². The number of pyridine rings is 1. The van der Waals surface area contributed by atoms with Crippen LogP contribution < -0.4 is 4.90 Å². The van der Waals surface area contributed by atoms with Gasteiger partial charge in [0.15, 0.2) is 0 Å². The average Bonchev–Trinajstić information content (AvgIpc) is 2.74. The molecule has 0 aliphatic carbocycles. The summed E-state index contributed by atoms with van der Waals surface area (Å²) in [6.45, 7) is 5.24. The van der Waals surface area contributed by atoms with Gasteiger partial charge in [-0.3, -0.25) is 0 Å². The lowest BCUT2D eigenvalue weighted by atomic mass is 10.1. The molecular weight excluding hydrogens is 224 g/mol. The summed E-state index contributed by atoms with van der Waals surface area (Å²) in [5.74, 6) is 1.49. The van der Waals surface area contributed by atoms with Gasteiger partial charge in [-0.05, 0) is 44.5 Å². The summed E-state index contributed by atoms with van der Waals surface area (Å²) in [4.78, 5) is 8.84. The van der Waals surface area contributed by atoms with Crippen LogP contribution in [0.1, 0.15) is 17.5 Å². The first kappa shape index (κ1) is 12.8. The van der Waals surface area contributed by atoms with Crippen LogP contribution in [-0.4, -0.2) is 43.6 Å². The third-order valence-corrected chi connectivity index (χ3v) is 3.63. The van der Waals surface area contributed by atoms with Crippen LogP contribution in [0.2, 0.25) is 0 Å². The van der Waals surface area contributed by atoms with Crippen LogP contribution in [0.3, 0.4) is 0 Å². The van der Waals surface area contributed by atoms with Crippen molar-refractivity contribution in [2.45, 2.75) is 13.3 Å². The van der Waals surface area contributed by atoms with Gasteiger partial charge in [-0.25, -0.2) is 4.98 Å². The predicted octanol–water partition coefficient (Wildman–Crippen LogP) is 1.65. The molecule has 0 N–H and O–H groups in total. The first-order valence-electron chi connectivity index (χ1n) is 6.37. The lowest BCUT2D eigenvalue weighted by Gasteiger charge is -2.23. The maximum atomic E-state index is 9.23. The normalized spacial score (nSPS) is 19.8. The van der Waals surface area contributed by atoms with Gasteiger partial charge >= 0.3 is 0 Å². The monoisotopic (exact) mass is 244 g/mol. The first-order valence-corrected chi connectivity index (χ1v) is 6.37. The largest absolute Gasteiger partial charge is 0.358 e. The van der Waals surface area contributed by atoms with Crippen LogP contribution in [0.4, 0.5) is 5.82 Å². The highest BCUT2D eigenvalue weighted by Gasteiger charge is 2.22. The number of hydrogen-bond donors (Lipinski definition) is 0. The summed E-state index contributed by atoms with van der Waals surface area (Å²) in [5, 5.41) is 9.23. The fraction of sp³-hybridized carbons (Fsp3) is 0.571. The van der Waals surface area contributed by atoms with E-state index in [-0.39, 0.29) is 0 Å². The van der Waals surface area contributed by atoms with Crippen LogP contribution in [0.5, 0.6) is 0 Å². The number of aromatic nitrogens is 1. The van der Waals surface area contributed by atoms with Gasteiger partial charge in [0.25, 0.3) is 0 Å². The average molecular weight is 244 g/mol. The Morgan fingerprint density at radius 2 is 2.39 bits per heavy atom. The maximum Gasteiger partial charge on any atom is 0.146 e. The van der Waals surface area contributed by atoms with E-state index >= 15 is 0 Å². The van der Waals surface area contributed by atoms with E-state index in [4.69, 9.17) is 0 Å².